The van der Waals surface area contributed by atoms with E-state index in [1.807, 2.05) is 31.4 Å². The number of thiophene rings is 1. The van der Waals surface area contributed by atoms with Crippen LogP contribution in [0, 0.1) is 5.92 Å². The maximum atomic E-state index is 12.1. The summed E-state index contributed by atoms with van der Waals surface area (Å²) < 4.78 is 5.07. The third kappa shape index (κ3) is 4.81. The van der Waals surface area contributed by atoms with Gasteiger partial charge >= 0.3 is 5.97 Å². The highest BCUT2D eigenvalue weighted by atomic mass is 32.1. The molecular weight excluding hydrogens is 300 g/mol. The van der Waals surface area contributed by atoms with E-state index in [0.717, 1.165) is 25.9 Å². The molecule has 1 aliphatic heterocycles. The van der Waals surface area contributed by atoms with E-state index in [4.69, 9.17) is 4.74 Å². The van der Waals surface area contributed by atoms with Gasteiger partial charge in [0.1, 0.15) is 0 Å². The van der Waals surface area contributed by atoms with Gasteiger partial charge in [-0.15, -0.1) is 11.3 Å². The monoisotopic (exact) mass is 325 g/mol. The molecule has 1 aliphatic rings. The molecule has 0 radical (unpaired) electrons. The third-order valence-electron chi connectivity index (χ3n) is 4.07. The number of rotatable bonds is 6. The van der Waals surface area contributed by atoms with Crippen molar-refractivity contribution in [3.05, 3.63) is 22.4 Å². The fourth-order valence-corrected chi connectivity index (χ4v) is 3.56. The van der Waals surface area contributed by atoms with Gasteiger partial charge in [0.25, 0.3) is 5.91 Å². The first-order valence-electron chi connectivity index (χ1n) is 7.93. The van der Waals surface area contributed by atoms with E-state index >= 15 is 0 Å². The molecule has 2 N–H and O–H groups in total. The quantitative estimate of drug-likeness (QED) is 0.760. The molecule has 122 valence electrons. The Morgan fingerprint density at radius 2 is 2.18 bits per heavy atom. The van der Waals surface area contributed by atoms with Crippen LogP contribution in [0.2, 0.25) is 0 Å². The third-order valence-corrected chi connectivity index (χ3v) is 5.13. The minimum Gasteiger partial charge on any atom is -0.466 e. The van der Waals surface area contributed by atoms with E-state index < -0.39 is 0 Å². The minimum absolute atomic E-state index is 0.0109. The van der Waals surface area contributed by atoms with Crippen molar-refractivity contribution in [1.29, 1.82) is 0 Å². The van der Waals surface area contributed by atoms with Crippen molar-refractivity contribution in [3.8, 4) is 0 Å². The summed E-state index contributed by atoms with van der Waals surface area (Å²) >= 11 is 1.65. The number of amides is 1. The normalized spacial score (nSPS) is 22.8. The summed E-state index contributed by atoms with van der Waals surface area (Å²) in [6, 6.07) is 4.09. The number of hydrogen-bond acceptors (Lipinski definition) is 4. The number of hydrogen-bond donors (Lipinski definition) is 2. The van der Waals surface area contributed by atoms with E-state index in [1.165, 1.54) is 9.78 Å². The van der Waals surface area contributed by atoms with Gasteiger partial charge in [-0.2, -0.15) is 0 Å². The number of quaternary nitrogens is 1. The van der Waals surface area contributed by atoms with Crippen molar-refractivity contribution in [1.82, 2.24) is 5.32 Å². The van der Waals surface area contributed by atoms with Crippen molar-refractivity contribution in [2.45, 2.75) is 32.7 Å². The first kappa shape index (κ1) is 17.0. The van der Waals surface area contributed by atoms with E-state index in [1.54, 1.807) is 11.3 Å². The second-order valence-corrected chi connectivity index (χ2v) is 6.74. The first-order chi connectivity index (χ1) is 10.6. The number of piperidine rings is 1. The Morgan fingerprint density at radius 1 is 1.45 bits per heavy atom. The highest BCUT2D eigenvalue weighted by Crippen LogP contribution is 2.17. The molecule has 0 aliphatic carbocycles. The van der Waals surface area contributed by atoms with Crippen LogP contribution >= 0.6 is 11.3 Å². The Kier molecular flexibility index (Phi) is 6.39. The molecule has 1 saturated heterocycles. The maximum Gasteiger partial charge on any atom is 0.309 e. The van der Waals surface area contributed by atoms with Gasteiger partial charge in [-0.05, 0) is 25.3 Å². The zero-order valence-electron chi connectivity index (χ0n) is 13.3. The molecule has 1 atom stereocenters. The number of ether oxygens (including phenoxy) is 1. The van der Waals surface area contributed by atoms with Gasteiger partial charge in [0.05, 0.1) is 31.7 Å². The van der Waals surface area contributed by atoms with E-state index in [9.17, 15) is 9.59 Å². The molecule has 1 aromatic heterocycles. The zero-order chi connectivity index (χ0) is 15.9. The Balaban J connectivity index is 1.71. The number of likely N-dealkylation sites (tertiary alicyclic amines) is 1. The Labute approximate surface area is 135 Å². The largest absolute Gasteiger partial charge is 0.466 e. The number of nitrogens with one attached hydrogen (secondary N) is 2. The average Bonchev–Trinajstić information content (AvgIpc) is 3.02. The van der Waals surface area contributed by atoms with Crippen LogP contribution in [-0.2, 0) is 14.3 Å². The Bertz CT molecular complexity index is 482. The second-order valence-electron chi connectivity index (χ2n) is 5.76. The SMILES string of the molecule is CCOC(=O)C1CC[NH+](CC(=O)N[C@H](C)c2cccs2)CC1. The molecule has 2 heterocycles. The highest BCUT2D eigenvalue weighted by molar-refractivity contribution is 7.10. The van der Waals surface area contributed by atoms with Gasteiger partial charge in [0, 0.05) is 17.7 Å². The molecule has 0 saturated carbocycles. The molecule has 2 rings (SSSR count). The van der Waals surface area contributed by atoms with Crippen molar-refractivity contribution in [2.24, 2.45) is 5.92 Å². The summed E-state index contributed by atoms with van der Waals surface area (Å²) in [5, 5.41) is 5.06. The molecule has 22 heavy (non-hydrogen) atoms. The van der Waals surface area contributed by atoms with Crippen LogP contribution in [0.3, 0.4) is 0 Å². The Morgan fingerprint density at radius 3 is 2.77 bits per heavy atom. The minimum atomic E-state index is -0.0858. The van der Waals surface area contributed by atoms with Gasteiger partial charge in [-0.25, -0.2) is 0 Å². The summed E-state index contributed by atoms with van der Waals surface area (Å²) in [5.41, 5.74) is 0. The number of carbonyl (C=O) groups is 2. The molecule has 5 nitrogen and oxygen atoms in total. The number of esters is 1. The van der Waals surface area contributed by atoms with Gasteiger partial charge in [0.15, 0.2) is 6.54 Å². The van der Waals surface area contributed by atoms with E-state index in [2.05, 4.69) is 5.32 Å². The first-order valence-corrected chi connectivity index (χ1v) is 8.81. The predicted molar refractivity (Wildman–Crippen MR) is 85.8 cm³/mol. The van der Waals surface area contributed by atoms with Gasteiger partial charge in [0.2, 0.25) is 0 Å². The molecule has 0 bridgehead atoms. The maximum absolute atomic E-state index is 12.1. The summed E-state index contributed by atoms with van der Waals surface area (Å²) in [4.78, 5) is 26.2. The predicted octanol–water partition coefficient (Wildman–Crippen LogP) is 0.783. The average molecular weight is 325 g/mol. The van der Waals surface area contributed by atoms with Crippen LogP contribution in [0.4, 0.5) is 0 Å². The van der Waals surface area contributed by atoms with Crippen molar-refractivity contribution >= 4 is 23.2 Å². The van der Waals surface area contributed by atoms with Gasteiger partial charge in [-0.1, -0.05) is 6.07 Å². The van der Waals surface area contributed by atoms with Crippen LogP contribution in [0.5, 0.6) is 0 Å². The van der Waals surface area contributed by atoms with Crippen molar-refractivity contribution in [3.63, 3.8) is 0 Å². The van der Waals surface area contributed by atoms with Crippen molar-refractivity contribution < 1.29 is 19.2 Å². The van der Waals surface area contributed by atoms with Gasteiger partial charge < -0.3 is 15.0 Å². The summed E-state index contributed by atoms with van der Waals surface area (Å²) in [7, 11) is 0. The van der Waals surface area contributed by atoms with Crippen LogP contribution in [0.1, 0.15) is 37.6 Å². The Hall–Kier alpha value is -1.40. The fraction of sp³-hybridized carbons (Fsp3) is 0.625. The van der Waals surface area contributed by atoms with E-state index in [0.29, 0.717) is 13.2 Å². The molecule has 0 spiro atoms. The lowest BCUT2D eigenvalue weighted by molar-refractivity contribution is -0.897. The highest BCUT2D eigenvalue weighted by Gasteiger charge is 2.29. The van der Waals surface area contributed by atoms with Gasteiger partial charge in [-0.3, -0.25) is 9.59 Å². The second kappa shape index (κ2) is 8.29. The van der Waals surface area contributed by atoms with Crippen LogP contribution < -0.4 is 10.2 Å². The molecule has 6 heteroatoms. The topological polar surface area (TPSA) is 59.8 Å². The molecular formula is C16H25N2O3S+. The standard InChI is InChI=1S/C16H24N2O3S/c1-3-21-16(20)13-6-8-18(9-7-13)11-15(19)17-12(2)14-5-4-10-22-14/h4-5,10,12-13H,3,6-9,11H2,1-2H3,(H,17,19)/p+1/t12-/m1/s1. The lowest BCUT2D eigenvalue weighted by atomic mass is 9.97. The lowest BCUT2D eigenvalue weighted by Gasteiger charge is -2.28. The van der Waals surface area contributed by atoms with Crippen molar-refractivity contribution in [2.75, 3.05) is 26.2 Å². The van der Waals surface area contributed by atoms with E-state index in [-0.39, 0.29) is 23.8 Å². The fourth-order valence-electron chi connectivity index (χ4n) is 2.83. The lowest BCUT2D eigenvalue weighted by Crippen LogP contribution is -3.14. The van der Waals surface area contributed by atoms with Crippen LogP contribution in [0.25, 0.3) is 0 Å². The molecule has 1 aromatic rings. The summed E-state index contributed by atoms with van der Waals surface area (Å²) in [5.74, 6) is -0.000363. The zero-order valence-corrected chi connectivity index (χ0v) is 14.1. The number of carbonyl (C=O) groups excluding carboxylic acids is 2. The smallest absolute Gasteiger partial charge is 0.309 e. The molecule has 1 amide bonds. The molecule has 0 unspecified atom stereocenters. The summed E-state index contributed by atoms with van der Waals surface area (Å²) in [6.07, 6.45) is 1.61. The van der Waals surface area contributed by atoms with Crippen LogP contribution in [0.15, 0.2) is 17.5 Å². The van der Waals surface area contributed by atoms with Crippen LogP contribution in [-0.4, -0.2) is 38.1 Å². The molecule has 0 aromatic carbocycles. The molecule has 1 fully saturated rings. The summed E-state index contributed by atoms with van der Waals surface area (Å²) in [6.45, 7) is 6.46.